The van der Waals surface area contributed by atoms with Crippen LogP contribution in [0.15, 0.2) is 36.9 Å². The van der Waals surface area contributed by atoms with Gasteiger partial charge in [0.15, 0.2) is 0 Å². The van der Waals surface area contributed by atoms with E-state index in [-0.39, 0.29) is 11.8 Å². The number of para-hydroxylation sites is 1. The fraction of sp³-hybridized carbons (Fsp3) is 0.333. The Hall–Kier alpha value is -1.85. The van der Waals surface area contributed by atoms with E-state index < -0.39 is 6.04 Å². The number of rotatable bonds is 5. The number of nitrogens with zero attached hydrogens (tertiary/aromatic N) is 2. The summed E-state index contributed by atoms with van der Waals surface area (Å²) in [5.74, 6) is -0.103. The zero-order valence-electron chi connectivity index (χ0n) is 12.1. The molecule has 0 saturated heterocycles. The Morgan fingerprint density at radius 1 is 1.52 bits per heavy atom. The highest BCUT2D eigenvalue weighted by Crippen LogP contribution is 2.28. The number of halogens is 1. The van der Waals surface area contributed by atoms with E-state index in [0.717, 1.165) is 6.42 Å². The van der Waals surface area contributed by atoms with Crippen LogP contribution in [0, 0.1) is 5.92 Å². The zero-order chi connectivity index (χ0) is 15.4. The zero-order valence-corrected chi connectivity index (χ0v) is 12.8. The fourth-order valence-corrected chi connectivity index (χ4v) is 2.27. The Kier molecular flexibility index (Phi) is 4.98. The first-order chi connectivity index (χ1) is 10.0. The van der Waals surface area contributed by atoms with Crippen LogP contribution >= 0.6 is 11.6 Å². The van der Waals surface area contributed by atoms with Gasteiger partial charge in [-0.25, -0.2) is 4.98 Å². The minimum atomic E-state index is -0.551. The van der Waals surface area contributed by atoms with E-state index in [1.165, 1.54) is 0 Å². The lowest BCUT2D eigenvalue weighted by Gasteiger charge is -2.19. The van der Waals surface area contributed by atoms with Crippen LogP contribution < -0.4 is 11.1 Å². The second-order valence-corrected chi connectivity index (χ2v) is 5.41. The third kappa shape index (κ3) is 3.43. The molecule has 2 aromatic rings. The van der Waals surface area contributed by atoms with Gasteiger partial charge in [0.2, 0.25) is 5.91 Å². The van der Waals surface area contributed by atoms with Gasteiger partial charge in [0.1, 0.15) is 0 Å². The number of nitrogens with one attached hydrogen (secondary N) is 1. The smallest absolute Gasteiger partial charge is 0.241 e. The Morgan fingerprint density at radius 3 is 2.90 bits per heavy atom. The number of hydrogen-bond acceptors (Lipinski definition) is 3. The number of nitrogens with two attached hydrogens (primary N) is 1. The van der Waals surface area contributed by atoms with E-state index in [1.54, 1.807) is 41.5 Å². The predicted molar refractivity (Wildman–Crippen MR) is 84.6 cm³/mol. The lowest BCUT2D eigenvalue weighted by atomic mass is 9.99. The molecule has 5 nitrogen and oxygen atoms in total. The van der Waals surface area contributed by atoms with Crippen LogP contribution in [0.5, 0.6) is 0 Å². The number of carbonyl (C=O) groups excluding carboxylic acids is 1. The number of benzene rings is 1. The molecular formula is C15H19ClN4O. The van der Waals surface area contributed by atoms with Crippen LogP contribution in [-0.2, 0) is 4.79 Å². The molecule has 0 fully saturated rings. The minimum absolute atomic E-state index is 0.112. The van der Waals surface area contributed by atoms with Crippen molar-refractivity contribution >= 4 is 23.2 Å². The van der Waals surface area contributed by atoms with Crippen molar-refractivity contribution in [1.29, 1.82) is 0 Å². The predicted octanol–water partition coefficient (Wildman–Crippen LogP) is 2.84. The highest BCUT2D eigenvalue weighted by atomic mass is 35.5. The molecule has 112 valence electrons. The van der Waals surface area contributed by atoms with Gasteiger partial charge in [0, 0.05) is 12.4 Å². The molecule has 2 atom stereocenters. The number of aromatic nitrogens is 2. The Bertz CT molecular complexity index is 612. The van der Waals surface area contributed by atoms with Crippen LogP contribution in [0.3, 0.4) is 0 Å². The first-order valence-electron chi connectivity index (χ1n) is 6.87. The van der Waals surface area contributed by atoms with Crippen molar-refractivity contribution in [3.8, 4) is 5.69 Å². The molecule has 2 rings (SSSR count). The maximum Gasteiger partial charge on any atom is 0.241 e. The molecule has 1 heterocycles. The molecule has 0 radical (unpaired) electrons. The number of imidazole rings is 1. The molecule has 1 aromatic carbocycles. The van der Waals surface area contributed by atoms with Crippen LogP contribution in [0.25, 0.3) is 5.69 Å². The summed E-state index contributed by atoms with van der Waals surface area (Å²) in [7, 11) is 0. The average Bonchev–Trinajstić information content (AvgIpc) is 2.99. The number of hydrogen-bond donors (Lipinski definition) is 2. The summed E-state index contributed by atoms with van der Waals surface area (Å²) in [5.41, 5.74) is 7.26. The fourth-order valence-electron chi connectivity index (χ4n) is 2.00. The summed E-state index contributed by atoms with van der Waals surface area (Å²) >= 11 is 6.24. The van der Waals surface area contributed by atoms with Crippen LogP contribution in [0.2, 0.25) is 5.02 Å². The number of amides is 1. The monoisotopic (exact) mass is 306 g/mol. The van der Waals surface area contributed by atoms with Gasteiger partial charge in [0.25, 0.3) is 0 Å². The normalized spacial score (nSPS) is 13.7. The summed E-state index contributed by atoms with van der Waals surface area (Å²) in [5, 5.41) is 3.39. The SMILES string of the molecule is CCC(C)[C@H](N)C(=O)Nc1cccc(Cl)c1-n1ccnc1. The summed E-state index contributed by atoms with van der Waals surface area (Å²) in [6.45, 7) is 3.97. The number of anilines is 1. The van der Waals surface area contributed by atoms with Crippen molar-refractivity contribution < 1.29 is 4.79 Å². The molecule has 0 aliphatic carbocycles. The third-order valence-electron chi connectivity index (χ3n) is 3.57. The summed E-state index contributed by atoms with van der Waals surface area (Å²) < 4.78 is 1.76. The highest BCUT2D eigenvalue weighted by molar-refractivity contribution is 6.33. The lowest BCUT2D eigenvalue weighted by molar-refractivity contribution is -0.118. The van der Waals surface area contributed by atoms with Crippen molar-refractivity contribution in [2.24, 2.45) is 11.7 Å². The molecule has 0 saturated carbocycles. The van der Waals surface area contributed by atoms with Crippen LogP contribution in [-0.4, -0.2) is 21.5 Å². The van der Waals surface area contributed by atoms with Gasteiger partial charge in [-0.3, -0.25) is 4.79 Å². The maximum absolute atomic E-state index is 12.2. The van der Waals surface area contributed by atoms with Gasteiger partial charge < -0.3 is 15.6 Å². The molecule has 0 bridgehead atoms. The van der Waals surface area contributed by atoms with Crippen molar-refractivity contribution in [1.82, 2.24) is 9.55 Å². The molecule has 6 heteroatoms. The van der Waals surface area contributed by atoms with E-state index in [9.17, 15) is 4.79 Å². The summed E-state index contributed by atoms with van der Waals surface area (Å²) in [6.07, 6.45) is 5.90. The van der Waals surface area contributed by atoms with Crippen molar-refractivity contribution in [2.75, 3.05) is 5.32 Å². The molecule has 3 N–H and O–H groups in total. The van der Waals surface area contributed by atoms with Gasteiger partial charge in [-0.05, 0) is 18.1 Å². The van der Waals surface area contributed by atoms with Crippen molar-refractivity contribution in [2.45, 2.75) is 26.3 Å². The van der Waals surface area contributed by atoms with E-state index >= 15 is 0 Å². The standard InChI is InChI=1S/C15H19ClN4O/c1-3-10(2)13(17)15(21)19-12-6-4-5-11(16)14(12)20-8-7-18-9-20/h4-10,13H,3,17H2,1-2H3,(H,19,21)/t10?,13-/m0/s1. The number of carbonyl (C=O) groups is 1. The van der Waals surface area contributed by atoms with Crippen molar-refractivity contribution in [3.05, 3.63) is 41.9 Å². The van der Waals surface area contributed by atoms with E-state index in [2.05, 4.69) is 10.3 Å². The lowest BCUT2D eigenvalue weighted by Crippen LogP contribution is -2.40. The first kappa shape index (κ1) is 15.5. The molecule has 1 amide bonds. The molecule has 0 spiro atoms. The Balaban J connectivity index is 2.29. The molecule has 0 aliphatic rings. The quantitative estimate of drug-likeness (QED) is 0.892. The molecular weight excluding hydrogens is 288 g/mol. The van der Waals surface area contributed by atoms with E-state index in [4.69, 9.17) is 17.3 Å². The highest BCUT2D eigenvalue weighted by Gasteiger charge is 2.21. The molecule has 21 heavy (non-hydrogen) atoms. The summed E-state index contributed by atoms with van der Waals surface area (Å²) in [4.78, 5) is 16.2. The van der Waals surface area contributed by atoms with Crippen molar-refractivity contribution in [3.63, 3.8) is 0 Å². The van der Waals surface area contributed by atoms with Gasteiger partial charge in [-0.1, -0.05) is 37.9 Å². The minimum Gasteiger partial charge on any atom is -0.323 e. The average molecular weight is 307 g/mol. The molecule has 1 unspecified atom stereocenters. The van der Waals surface area contributed by atoms with Crippen LogP contribution in [0.1, 0.15) is 20.3 Å². The van der Waals surface area contributed by atoms with Gasteiger partial charge in [0.05, 0.1) is 28.8 Å². The van der Waals surface area contributed by atoms with Gasteiger partial charge in [-0.15, -0.1) is 0 Å². The van der Waals surface area contributed by atoms with Crippen LogP contribution in [0.4, 0.5) is 5.69 Å². The molecule has 0 aliphatic heterocycles. The Labute approximate surface area is 129 Å². The maximum atomic E-state index is 12.2. The third-order valence-corrected chi connectivity index (χ3v) is 3.87. The molecule has 1 aromatic heterocycles. The first-order valence-corrected chi connectivity index (χ1v) is 7.25. The summed E-state index contributed by atoms with van der Waals surface area (Å²) in [6, 6.07) is 4.79. The largest absolute Gasteiger partial charge is 0.323 e. The van der Waals surface area contributed by atoms with E-state index in [1.807, 2.05) is 13.8 Å². The second-order valence-electron chi connectivity index (χ2n) is 5.01. The topological polar surface area (TPSA) is 72.9 Å². The van der Waals surface area contributed by atoms with E-state index in [0.29, 0.717) is 16.4 Å². The van der Waals surface area contributed by atoms with Gasteiger partial charge >= 0.3 is 0 Å². The second kappa shape index (κ2) is 6.74. The van der Waals surface area contributed by atoms with Gasteiger partial charge in [-0.2, -0.15) is 0 Å². The Morgan fingerprint density at radius 2 is 2.29 bits per heavy atom.